The van der Waals surface area contributed by atoms with Gasteiger partial charge >= 0.3 is 0 Å². The largest absolute Gasteiger partial charge is 0.311 e. The van der Waals surface area contributed by atoms with Gasteiger partial charge in [-0.05, 0) is 25.8 Å². The van der Waals surface area contributed by atoms with Crippen LogP contribution in [0.25, 0.3) is 0 Å². The third-order valence-corrected chi connectivity index (χ3v) is 2.69. The van der Waals surface area contributed by atoms with E-state index in [1.807, 2.05) is 6.92 Å². The van der Waals surface area contributed by atoms with Crippen LogP contribution in [-0.4, -0.2) is 11.5 Å². The summed E-state index contributed by atoms with van der Waals surface area (Å²) < 4.78 is 0. The lowest BCUT2D eigenvalue weighted by Gasteiger charge is -2.04. The molecule has 1 heterocycles. The lowest BCUT2D eigenvalue weighted by molar-refractivity contribution is 0.535. The lowest BCUT2D eigenvalue weighted by atomic mass is 10.1. The zero-order valence-electron chi connectivity index (χ0n) is 8.63. The highest BCUT2D eigenvalue weighted by Gasteiger charge is 1.97. The van der Waals surface area contributed by atoms with Crippen LogP contribution in [0.1, 0.15) is 31.0 Å². The maximum atomic E-state index is 4.38. The van der Waals surface area contributed by atoms with Gasteiger partial charge < -0.3 is 5.32 Å². The van der Waals surface area contributed by atoms with Gasteiger partial charge in [-0.25, -0.2) is 4.98 Å². The summed E-state index contributed by atoms with van der Waals surface area (Å²) in [5.41, 5.74) is 1.17. The Labute approximate surface area is 84.4 Å². The van der Waals surface area contributed by atoms with E-state index in [9.17, 15) is 0 Å². The predicted molar refractivity (Wildman–Crippen MR) is 58.0 cm³/mol. The van der Waals surface area contributed by atoms with Gasteiger partial charge in [0.25, 0.3) is 0 Å². The minimum Gasteiger partial charge on any atom is -0.311 e. The van der Waals surface area contributed by atoms with Crippen molar-refractivity contribution >= 4 is 11.3 Å². The number of hydrogen-bond acceptors (Lipinski definition) is 3. The Morgan fingerprint density at radius 3 is 2.85 bits per heavy atom. The summed E-state index contributed by atoms with van der Waals surface area (Å²) in [4.78, 5) is 4.38. The van der Waals surface area contributed by atoms with E-state index in [4.69, 9.17) is 0 Å². The van der Waals surface area contributed by atoms with Crippen molar-refractivity contribution in [1.82, 2.24) is 10.3 Å². The van der Waals surface area contributed by atoms with E-state index in [0.29, 0.717) is 0 Å². The molecular weight excluding hydrogens is 180 g/mol. The molecule has 0 radical (unpaired) electrons. The monoisotopic (exact) mass is 198 g/mol. The predicted octanol–water partition coefficient (Wildman–Crippen LogP) is 2.59. The van der Waals surface area contributed by atoms with Crippen LogP contribution in [0.4, 0.5) is 0 Å². The number of rotatable bonds is 5. The van der Waals surface area contributed by atoms with Crippen molar-refractivity contribution in [3.8, 4) is 0 Å². The van der Waals surface area contributed by atoms with Crippen LogP contribution in [0.15, 0.2) is 5.38 Å². The molecule has 0 amide bonds. The van der Waals surface area contributed by atoms with Gasteiger partial charge in [0.05, 0.1) is 10.7 Å². The van der Waals surface area contributed by atoms with Crippen LogP contribution in [-0.2, 0) is 6.54 Å². The van der Waals surface area contributed by atoms with Gasteiger partial charge in [-0.15, -0.1) is 11.3 Å². The van der Waals surface area contributed by atoms with Gasteiger partial charge in [-0.2, -0.15) is 0 Å². The molecule has 74 valence electrons. The quantitative estimate of drug-likeness (QED) is 0.736. The van der Waals surface area contributed by atoms with Gasteiger partial charge in [-0.3, -0.25) is 0 Å². The summed E-state index contributed by atoms with van der Waals surface area (Å²) in [6, 6.07) is 0. The third-order valence-electron chi connectivity index (χ3n) is 1.87. The molecule has 0 aromatic carbocycles. The first-order valence-electron chi connectivity index (χ1n) is 4.80. The molecular formula is C10H18N2S. The third kappa shape index (κ3) is 4.39. The Hall–Kier alpha value is -0.410. The van der Waals surface area contributed by atoms with Crippen LogP contribution in [0.3, 0.4) is 0 Å². The van der Waals surface area contributed by atoms with E-state index in [0.717, 1.165) is 24.0 Å². The fraction of sp³-hybridized carbons (Fsp3) is 0.700. The van der Waals surface area contributed by atoms with E-state index in [1.54, 1.807) is 11.3 Å². The van der Waals surface area contributed by atoms with Crippen LogP contribution in [0, 0.1) is 12.8 Å². The summed E-state index contributed by atoms with van der Waals surface area (Å²) in [6.45, 7) is 8.54. The van der Waals surface area contributed by atoms with Crippen molar-refractivity contribution < 1.29 is 0 Å². The molecule has 0 aliphatic carbocycles. The van der Waals surface area contributed by atoms with Crippen LogP contribution >= 0.6 is 11.3 Å². The Kier molecular flexibility index (Phi) is 4.39. The van der Waals surface area contributed by atoms with E-state index in [1.165, 1.54) is 12.1 Å². The number of hydrogen-bond donors (Lipinski definition) is 1. The topological polar surface area (TPSA) is 24.9 Å². The number of aromatic nitrogens is 1. The second-order valence-electron chi connectivity index (χ2n) is 3.72. The van der Waals surface area contributed by atoms with Crippen molar-refractivity contribution in [2.24, 2.45) is 5.92 Å². The molecule has 0 fully saturated rings. The maximum Gasteiger partial charge on any atom is 0.0897 e. The molecule has 0 saturated heterocycles. The zero-order chi connectivity index (χ0) is 9.68. The molecule has 1 N–H and O–H groups in total. The van der Waals surface area contributed by atoms with Crippen LogP contribution in [0.2, 0.25) is 0 Å². The number of thiazole rings is 1. The summed E-state index contributed by atoms with van der Waals surface area (Å²) >= 11 is 1.72. The minimum atomic E-state index is 0.782. The molecule has 3 heteroatoms. The Morgan fingerprint density at radius 2 is 2.31 bits per heavy atom. The Bertz CT molecular complexity index is 243. The Morgan fingerprint density at radius 1 is 1.54 bits per heavy atom. The maximum absolute atomic E-state index is 4.38. The molecule has 0 bridgehead atoms. The van der Waals surface area contributed by atoms with Crippen LogP contribution < -0.4 is 5.32 Å². The van der Waals surface area contributed by atoms with Crippen molar-refractivity contribution in [3.63, 3.8) is 0 Å². The Balaban J connectivity index is 2.13. The molecule has 1 aromatic rings. The number of nitrogens with one attached hydrogen (secondary N) is 1. The molecule has 2 nitrogen and oxygen atoms in total. The molecule has 0 atom stereocenters. The molecule has 0 spiro atoms. The highest BCUT2D eigenvalue weighted by atomic mass is 32.1. The van der Waals surface area contributed by atoms with Gasteiger partial charge in [0.1, 0.15) is 0 Å². The fourth-order valence-electron chi connectivity index (χ4n) is 1.10. The van der Waals surface area contributed by atoms with Crippen molar-refractivity contribution in [1.29, 1.82) is 0 Å². The van der Waals surface area contributed by atoms with Crippen molar-refractivity contribution in [3.05, 3.63) is 16.1 Å². The summed E-state index contributed by atoms with van der Waals surface area (Å²) in [5, 5.41) is 6.67. The highest BCUT2D eigenvalue weighted by Crippen LogP contribution is 2.07. The van der Waals surface area contributed by atoms with Gasteiger partial charge in [-0.1, -0.05) is 13.8 Å². The first-order chi connectivity index (χ1) is 6.18. The van der Waals surface area contributed by atoms with Crippen LogP contribution in [0.5, 0.6) is 0 Å². The van der Waals surface area contributed by atoms with Crippen molar-refractivity contribution in [2.45, 2.75) is 33.7 Å². The van der Waals surface area contributed by atoms with Gasteiger partial charge in [0.2, 0.25) is 0 Å². The van der Waals surface area contributed by atoms with E-state index < -0.39 is 0 Å². The summed E-state index contributed by atoms with van der Waals surface area (Å²) in [6.07, 6.45) is 1.24. The van der Waals surface area contributed by atoms with Gasteiger partial charge in [0, 0.05) is 11.9 Å². The molecule has 13 heavy (non-hydrogen) atoms. The number of nitrogens with zero attached hydrogens (tertiary/aromatic N) is 1. The van der Waals surface area contributed by atoms with E-state index in [-0.39, 0.29) is 0 Å². The number of aryl methyl sites for hydroxylation is 1. The van der Waals surface area contributed by atoms with Crippen molar-refractivity contribution in [2.75, 3.05) is 6.54 Å². The average Bonchev–Trinajstić information content (AvgIpc) is 2.45. The fourth-order valence-corrected chi connectivity index (χ4v) is 1.71. The second-order valence-corrected chi connectivity index (χ2v) is 4.78. The molecule has 0 saturated carbocycles. The molecule has 0 aliphatic heterocycles. The summed E-state index contributed by atoms with van der Waals surface area (Å²) in [7, 11) is 0. The standard InChI is InChI=1S/C10H18N2S/c1-8(2)4-5-11-6-10-7-13-9(3)12-10/h7-8,11H,4-6H2,1-3H3. The first-order valence-corrected chi connectivity index (χ1v) is 5.68. The van der Waals surface area contributed by atoms with E-state index in [2.05, 4.69) is 29.5 Å². The molecule has 1 aromatic heterocycles. The highest BCUT2D eigenvalue weighted by molar-refractivity contribution is 7.09. The molecule has 1 rings (SSSR count). The minimum absolute atomic E-state index is 0.782. The first kappa shape index (κ1) is 10.7. The lowest BCUT2D eigenvalue weighted by Crippen LogP contribution is -2.16. The van der Waals surface area contributed by atoms with Gasteiger partial charge in [0.15, 0.2) is 0 Å². The molecule has 0 aliphatic rings. The SMILES string of the molecule is Cc1nc(CNCCC(C)C)cs1. The van der Waals surface area contributed by atoms with E-state index >= 15 is 0 Å². The zero-order valence-corrected chi connectivity index (χ0v) is 9.45. The normalized spacial score (nSPS) is 11.1. The smallest absolute Gasteiger partial charge is 0.0897 e. The summed E-state index contributed by atoms with van der Waals surface area (Å²) in [5.74, 6) is 0.782. The average molecular weight is 198 g/mol. The second kappa shape index (κ2) is 5.35. The molecule has 0 unspecified atom stereocenters.